The number of hydrogen-bond donors (Lipinski definition) is 2. The van der Waals surface area contributed by atoms with Gasteiger partial charge >= 0.3 is 5.97 Å². The van der Waals surface area contributed by atoms with Gasteiger partial charge in [0.05, 0.1) is 0 Å². The number of pyridine rings is 1. The molecule has 0 radical (unpaired) electrons. The Labute approximate surface area is 93.3 Å². The molecule has 2 aromatic rings. The van der Waals surface area contributed by atoms with Crippen molar-refractivity contribution in [1.29, 1.82) is 0 Å². The number of nitrogens with zero attached hydrogens (tertiary/aromatic N) is 1. The third-order valence-corrected chi connectivity index (χ3v) is 2.65. The number of hydrogen-bond acceptors (Lipinski definition) is 3. The van der Waals surface area contributed by atoms with Crippen molar-refractivity contribution in [3.63, 3.8) is 0 Å². The molecule has 0 aliphatic carbocycles. The number of aromatic nitrogens is 1. The number of aromatic hydroxyl groups is 1. The van der Waals surface area contributed by atoms with Gasteiger partial charge in [-0.25, -0.2) is 9.78 Å². The van der Waals surface area contributed by atoms with Crippen LogP contribution >= 0.6 is 15.9 Å². The van der Waals surface area contributed by atoms with Crippen molar-refractivity contribution in [2.75, 3.05) is 0 Å². The van der Waals surface area contributed by atoms with E-state index < -0.39 is 5.97 Å². The first kappa shape index (κ1) is 9.92. The Morgan fingerprint density at radius 2 is 1.87 bits per heavy atom. The lowest BCUT2D eigenvalue weighted by molar-refractivity contribution is 0.0687. The monoisotopic (exact) mass is 267 g/mol. The van der Waals surface area contributed by atoms with E-state index in [-0.39, 0.29) is 11.4 Å². The number of carbonyl (C=O) groups is 1. The summed E-state index contributed by atoms with van der Waals surface area (Å²) in [5.74, 6) is -1.56. The van der Waals surface area contributed by atoms with E-state index in [1.54, 1.807) is 24.3 Å². The largest absolute Gasteiger partial charge is 0.505 e. The molecular weight excluding hydrogens is 262 g/mol. The van der Waals surface area contributed by atoms with Crippen LogP contribution in [0.15, 0.2) is 28.9 Å². The van der Waals surface area contributed by atoms with Crippen LogP contribution in [0.3, 0.4) is 0 Å². The van der Waals surface area contributed by atoms with Crippen LogP contribution in [0, 0.1) is 0 Å². The number of benzene rings is 1. The summed E-state index contributed by atoms with van der Waals surface area (Å²) in [6.07, 6.45) is 0. The van der Waals surface area contributed by atoms with Gasteiger partial charge in [0.15, 0.2) is 11.4 Å². The molecule has 0 saturated carbocycles. The molecule has 2 rings (SSSR count). The molecule has 15 heavy (non-hydrogen) atoms. The van der Waals surface area contributed by atoms with E-state index >= 15 is 0 Å². The summed E-state index contributed by atoms with van der Waals surface area (Å²) in [5.41, 5.74) is -0.347. The molecule has 76 valence electrons. The van der Waals surface area contributed by atoms with E-state index in [4.69, 9.17) is 5.11 Å². The molecule has 5 heteroatoms. The first-order valence-electron chi connectivity index (χ1n) is 4.11. The molecule has 4 nitrogen and oxygen atoms in total. The topological polar surface area (TPSA) is 70.4 Å². The van der Waals surface area contributed by atoms with Crippen LogP contribution in [0.2, 0.25) is 0 Å². The number of halogens is 1. The maximum absolute atomic E-state index is 10.8. The van der Waals surface area contributed by atoms with Gasteiger partial charge in [0, 0.05) is 10.8 Å². The van der Waals surface area contributed by atoms with Gasteiger partial charge in [-0.05, 0) is 15.9 Å². The van der Waals surface area contributed by atoms with Crippen molar-refractivity contribution in [1.82, 2.24) is 4.98 Å². The lowest BCUT2D eigenvalue weighted by Crippen LogP contribution is -2.01. The van der Waals surface area contributed by atoms with Crippen LogP contribution in [0.25, 0.3) is 10.8 Å². The van der Waals surface area contributed by atoms with Crippen LogP contribution in [-0.4, -0.2) is 21.2 Å². The van der Waals surface area contributed by atoms with E-state index in [0.29, 0.717) is 15.4 Å². The highest BCUT2D eigenvalue weighted by Crippen LogP contribution is 2.31. The Morgan fingerprint density at radius 3 is 2.47 bits per heavy atom. The zero-order chi connectivity index (χ0) is 11.0. The maximum Gasteiger partial charge on any atom is 0.358 e. The maximum atomic E-state index is 10.8. The van der Waals surface area contributed by atoms with E-state index in [0.717, 1.165) is 0 Å². The predicted molar refractivity (Wildman–Crippen MR) is 58.1 cm³/mol. The van der Waals surface area contributed by atoms with Crippen molar-refractivity contribution in [3.05, 3.63) is 34.6 Å². The minimum atomic E-state index is -1.25. The summed E-state index contributed by atoms with van der Waals surface area (Å²) >= 11 is 3.16. The van der Waals surface area contributed by atoms with Gasteiger partial charge in [-0.2, -0.15) is 0 Å². The first-order chi connectivity index (χ1) is 7.11. The molecule has 1 aromatic heterocycles. The average Bonchev–Trinajstić information content (AvgIpc) is 2.23. The highest BCUT2D eigenvalue weighted by molar-refractivity contribution is 9.10. The predicted octanol–water partition coefficient (Wildman–Crippen LogP) is 2.40. The minimum absolute atomic E-state index is 0.304. The molecule has 0 fully saturated rings. The lowest BCUT2D eigenvalue weighted by Gasteiger charge is -2.05. The number of carboxylic acid groups (broad SMARTS) is 1. The first-order valence-corrected chi connectivity index (χ1v) is 4.91. The minimum Gasteiger partial charge on any atom is -0.505 e. The molecule has 0 bridgehead atoms. The van der Waals surface area contributed by atoms with E-state index in [9.17, 15) is 9.90 Å². The van der Waals surface area contributed by atoms with Crippen LogP contribution in [-0.2, 0) is 0 Å². The second-order valence-corrected chi connectivity index (χ2v) is 3.70. The molecule has 1 aromatic carbocycles. The Balaban J connectivity index is 2.90. The molecule has 2 N–H and O–H groups in total. The molecular formula is C10H6BrNO3. The fourth-order valence-electron chi connectivity index (χ4n) is 1.36. The molecule has 0 unspecified atom stereocenters. The normalized spacial score (nSPS) is 10.5. The van der Waals surface area contributed by atoms with Crippen LogP contribution in [0.1, 0.15) is 10.5 Å². The summed E-state index contributed by atoms with van der Waals surface area (Å²) in [7, 11) is 0. The quantitative estimate of drug-likeness (QED) is 0.779. The SMILES string of the molecule is O=C(O)c1nc(Br)c2ccccc2c1O. The molecule has 1 heterocycles. The zero-order valence-corrected chi connectivity index (χ0v) is 9.02. The Kier molecular flexibility index (Phi) is 2.32. The third-order valence-electron chi connectivity index (χ3n) is 2.04. The van der Waals surface area contributed by atoms with Gasteiger partial charge in [0.1, 0.15) is 4.60 Å². The average molecular weight is 268 g/mol. The summed E-state index contributed by atoms with van der Waals surface area (Å²) < 4.78 is 0.410. The second kappa shape index (κ2) is 3.51. The van der Waals surface area contributed by atoms with Crippen molar-refractivity contribution in [3.8, 4) is 5.75 Å². The van der Waals surface area contributed by atoms with Gasteiger partial charge < -0.3 is 10.2 Å². The van der Waals surface area contributed by atoms with Gasteiger partial charge in [0.2, 0.25) is 0 Å². The van der Waals surface area contributed by atoms with Gasteiger partial charge in [-0.1, -0.05) is 24.3 Å². The standard InChI is InChI=1S/C10H6BrNO3/c11-9-6-4-2-1-3-5(6)8(13)7(12-9)10(14)15/h1-4,13H,(H,14,15). The van der Waals surface area contributed by atoms with Gasteiger partial charge in [-0.3, -0.25) is 0 Å². The second-order valence-electron chi connectivity index (χ2n) is 2.95. The third kappa shape index (κ3) is 1.55. The summed E-state index contributed by atoms with van der Waals surface area (Å²) in [6.45, 7) is 0. The molecule has 0 aliphatic rings. The smallest absolute Gasteiger partial charge is 0.358 e. The summed E-state index contributed by atoms with van der Waals surface area (Å²) in [5, 5.41) is 19.6. The number of rotatable bonds is 1. The highest BCUT2D eigenvalue weighted by atomic mass is 79.9. The Hall–Kier alpha value is -1.62. The molecule has 0 aliphatic heterocycles. The van der Waals surface area contributed by atoms with Crippen molar-refractivity contribution >= 4 is 32.7 Å². The van der Waals surface area contributed by atoms with E-state index in [1.807, 2.05) is 0 Å². The fourth-order valence-corrected chi connectivity index (χ4v) is 1.88. The van der Waals surface area contributed by atoms with E-state index in [1.165, 1.54) is 0 Å². The molecule has 0 atom stereocenters. The lowest BCUT2D eigenvalue weighted by atomic mass is 10.1. The van der Waals surface area contributed by atoms with Crippen molar-refractivity contribution in [2.45, 2.75) is 0 Å². The molecule has 0 amide bonds. The Morgan fingerprint density at radius 1 is 1.27 bits per heavy atom. The van der Waals surface area contributed by atoms with Crippen LogP contribution < -0.4 is 0 Å². The van der Waals surface area contributed by atoms with Crippen LogP contribution in [0.4, 0.5) is 0 Å². The van der Waals surface area contributed by atoms with Crippen molar-refractivity contribution < 1.29 is 15.0 Å². The summed E-state index contributed by atoms with van der Waals surface area (Å²) in [4.78, 5) is 14.5. The fraction of sp³-hybridized carbons (Fsp3) is 0. The number of aromatic carboxylic acids is 1. The molecule has 0 saturated heterocycles. The Bertz CT molecular complexity index is 554. The number of carboxylic acids is 1. The molecule has 0 spiro atoms. The van der Waals surface area contributed by atoms with E-state index in [2.05, 4.69) is 20.9 Å². The van der Waals surface area contributed by atoms with Gasteiger partial charge in [-0.15, -0.1) is 0 Å². The van der Waals surface area contributed by atoms with Crippen LogP contribution in [0.5, 0.6) is 5.75 Å². The van der Waals surface area contributed by atoms with Crippen molar-refractivity contribution in [2.24, 2.45) is 0 Å². The summed E-state index contributed by atoms with van der Waals surface area (Å²) in [6, 6.07) is 6.90. The number of fused-ring (bicyclic) bond motifs is 1. The zero-order valence-electron chi connectivity index (χ0n) is 7.44. The highest BCUT2D eigenvalue weighted by Gasteiger charge is 2.16. The van der Waals surface area contributed by atoms with Gasteiger partial charge in [0.25, 0.3) is 0 Å².